The van der Waals surface area contributed by atoms with Gasteiger partial charge in [-0.25, -0.2) is 4.79 Å². The minimum atomic E-state index is -0.983. The molecule has 2 aromatic carbocycles. The van der Waals surface area contributed by atoms with Crippen molar-refractivity contribution in [3.8, 4) is 0 Å². The van der Waals surface area contributed by atoms with Crippen LogP contribution >= 0.6 is 23.2 Å². The first kappa shape index (κ1) is 24.4. The highest BCUT2D eigenvalue weighted by molar-refractivity contribution is 6.40. The maximum absolute atomic E-state index is 12.9. The number of rotatable bonds is 8. The molecular formula is C23H21Cl2N3O5. The Hall–Kier alpha value is -3.20. The van der Waals surface area contributed by atoms with Crippen LogP contribution in [0.25, 0.3) is 10.9 Å². The fourth-order valence-electron chi connectivity index (χ4n) is 3.55. The highest BCUT2D eigenvalue weighted by Crippen LogP contribution is 2.34. The Morgan fingerprint density at radius 2 is 1.82 bits per heavy atom. The Bertz CT molecular complexity index is 1210. The van der Waals surface area contributed by atoms with Crippen molar-refractivity contribution in [2.24, 2.45) is 5.73 Å². The number of primary amides is 1. The molecule has 1 unspecified atom stereocenters. The second-order valence-electron chi connectivity index (χ2n) is 7.03. The maximum Gasteiger partial charge on any atom is 0.340 e. The van der Waals surface area contributed by atoms with E-state index in [1.807, 2.05) is 0 Å². The Morgan fingerprint density at radius 3 is 2.42 bits per heavy atom. The second kappa shape index (κ2) is 10.6. The molecule has 172 valence electrons. The van der Waals surface area contributed by atoms with Crippen LogP contribution in [-0.2, 0) is 9.53 Å². The molecule has 0 bridgehead atoms. The molecule has 8 nitrogen and oxygen atoms in total. The fourth-order valence-corrected chi connectivity index (χ4v) is 4.12. The van der Waals surface area contributed by atoms with E-state index in [0.29, 0.717) is 16.6 Å². The summed E-state index contributed by atoms with van der Waals surface area (Å²) in [6, 6.07) is 9.58. The van der Waals surface area contributed by atoms with Crippen molar-refractivity contribution in [3.05, 3.63) is 69.3 Å². The number of esters is 1. The largest absolute Gasteiger partial charge is 0.462 e. The van der Waals surface area contributed by atoms with Crippen LogP contribution < -0.4 is 11.1 Å². The number of nitrogens with zero attached hydrogens (tertiary/aromatic N) is 1. The highest BCUT2D eigenvalue weighted by atomic mass is 35.5. The third kappa shape index (κ3) is 5.08. The number of benzene rings is 2. The van der Waals surface area contributed by atoms with Crippen LogP contribution in [0.2, 0.25) is 10.0 Å². The number of nitrogens with two attached hydrogens (primary N) is 1. The Balaban J connectivity index is 2.18. The van der Waals surface area contributed by atoms with E-state index in [-0.39, 0.29) is 46.4 Å². The molecule has 1 heterocycles. The monoisotopic (exact) mass is 489 g/mol. The van der Waals surface area contributed by atoms with Gasteiger partial charge in [0, 0.05) is 18.2 Å². The molecule has 0 aliphatic rings. The van der Waals surface area contributed by atoms with E-state index in [4.69, 9.17) is 33.7 Å². The van der Waals surface area contributed by atoms with E-state index in [1.54, 1.807) is 43.3 Å². The number of ether oxygens (including phenoxy) is 1. The SMILES string of the molecule is CCOC(=O)c1cnc2c(NC(=O)c3c(Cl)cccc3Cl)cccc2c1C(CCO)C(N)=O. The van der Waals surface area contributed by atoms with E-state index in [1.165, 1.54) is 6.20 Å². The van der Waals surface area contributed by atoms with E-state index in [9.17, 15) is 19.5 Å². The van der Waals surface area contributed by atoms with E-state index >= 15 is 0 Å². The number of aliphatic hydroxyl groups is 1. The first-order chi connectivity index (χ1) is 15.8. The summed E-state index contributed by atoms with van der Waals surface area (Å²) in [5.74, 6) is -2.94. The number of aliphatic hydroxyl groups excluding tert-OH is 1. The molecule has 0 aliphatic heterocycles. The van der Waals surface area contributed by atoms with E-state index in [0.717, 1.165) is 0 Å². The van der Waals surface area contributed by atoms with Gasteiger partial charge in [-0.15, -0.1) is 0 Å². The Labute approximate surface area is 199 Å². The molecule has 1 atom stereocenters. The second-order valence-corrected chi connectivity index (χ2v) is 7.84. The van der Waals surface area contributed by atoms with Crippen molar-refractivity contribution in [2.75, 3.05) is 18.5 Å². The summed E-state index contributed by atoms with van der Waals surface area (Å²) in [6.07, 6.45) is 1.26. The molecule has 0 aliphatic carbocycles. The number of amides is 2. The molecule has 0 spiro atoms. The zero-order valence-electron chi connectivity index (χ0n) is 17.6. The molecule has 3 rings (SSSR count). The van der Waals surface area contributed by atoms with E-state index in [2.05, 4.69) is 10.3 Å². The summed E-state index contributed by atoms with van der Waals surface area (Å²) in [4.78, 5) is 42.1. The number of hydrogen-bond acceptors (Lipinski definition) is 6. The summed E-state index contributed by atoms with van der Waals surface area (Å²) in [5.41, 5.74) is 6.62. The normalized spacial score (nSPS) is 11.8. The number of anilines is 1. The molecule has 1 aromatic heterocycles. The lowest BCUT2D eigenvalue weighted by Crippen LogP contribution is -2.25. The van der Waals surface area contributed by atoms with Gasteiger partial charge >= 0.3 is 5.97 Å². The van der Waals surface area contributed by atoms with Gasteiger partial charge in [0.1, 0.15) is 0 Å². The number of pyridine rings is 1. The number of hydrogen-bond donors (Lipinski definition) is 3. The molecule has 3 aromatic rings. The molecule has 0 fully saturated rings. The minimum Gasteiger partial charge on any atom is -0.462 e. The number of aromatic nitrogens is 1. The molecular weight excluding hydrogens is 469 g/mol. The number of para-hydroxylation sites is 1. The molecule has 0 saturated heterocycles. The smallest absolute Gasteiger partial charge is 0.340 e. The van der Waals surface area contributed by atoms with Gasteiger partial charge in [0.05, 0.1) is 44.9 Å². The summed E-state index contributed by atoms with van der Waals surface area (Å²) in [7, 11) is 0. The number of carbonyl (C=O) groups is 3. The zero-order valence-corrected chi connectivity index (χ0v) is 19.1. The van der Waals surface area contributed by atoms with Crippen molar-refractivity contribution < 1.29 is 24.2 Å². The molecule has 33 heavy (non-hydrogen) atoms. The van der Waals surface area contributed by atoms with Crippen LogP contribution in [0, 0.1) is 0 Å². The van der Waals surface area contributed by atoms with Gasteiger partial charge < -0.3 is 20.9 Å². The van der Waals surface area contributed by atoms with Gasteiger partial charge in [0.2, 0.25) is 5.91 Å². The van der Waals surface area contributed by atoms with Crippen LogP contribution in [-0.4, -0.2) is 41.1 Å². The van der Waals surface area contributed by atoms with Crippen LogP contribution in [0.5, 0.6) is 0 Å². The average molecular weight is 490 g/mol. The topological polar surface area (TPSA) is 132 Å². The Morgan fingerprint density at radius 1 is 1.15 bits per heavy atom. The predicted octanol–water partition coefficient (Wildman–Crippen LogP) is 3.92. The lowest BCUT2D eigenvalue weighted by molar-refractivity contribution is -0.119. The first-order valence-corrected chi connectivity index (χ1v) is 10.8. The average Bonchev–Trinajstić information content (AvgIpc) is 2.77. The number of fused-ring (bicyclic) bond motifs is 1. The Kier molecular flexibility index (Phi) is 7.86. The fraction of sp³-hybridized carbons (Fsp3) is 0.217. The summed E-state index contributed by atoms with van der Waals surface area (Å²) in [5, 5.41) is 13.0. The quantitative estimate of drug-likeness (QED) is 0.410. The molecule has 0 saturated carbocycles. The van der Waals surface area contributed by atoms with Crippen molar-refractivity contribution in [2.45, 2.75) is 19.3 Å². The van der Waals surface area contributed by atoms with Gasteiger partial charge in [-0.3, -0.25) is 14.6 Å². The third-order valence-corrected chi connectivity index (χ3v) is 5.61. The molecule has 10 heteroatoms. The number of nitrogens with one attached hydrogen (secondary N) is 1. The van der Waals surface area contributed by atoms with E-state index < -0.39 is 23.7 Å². The van der Waals surface area contributed by atoms with Crippen molar-refractivity contribution in [3.63, 3.8) is 0 Å². The van der Waals surface area contributed by atoms with Gasteiger partial charge in [-0.05, 0) is 37.1 Å². The molecule has 0 radical (unpaired) electrons. The van der Waals surface area contributed by atoms with Crippen LogP contribution in [0.4, 0.5) is 5.69 Å². The lowest BCUT2D eigenvalue weighted by Gasteiger charge is -2.19. The summed E-state index contributed by atoms with van der Waals surface area (Å²) in [6.45, 7) is 1.44. The maximum atomic E-state index is 12.9. The highest BCUT2D eigenvalue weighted by Gasteiger charge is 2.28. The van der Waals surface area contributed by atoms with Crippen LogP contribution in [0.3, 0.4) is 0 Å². The minimum absolute atomic E-state index is 0.00727. The van der Waals surface area contributed by atoms with Gasteiger partial charge in [-0.1, -0.05) is 41.4 Å². The number of carbonyl (C=O) groups excluding carboxylic acids is 3. The lowest BCUT2D eigenvalue weighted by atomic mass is 9.88. The number of halogens is 2. The van der Waals surface area contributed by atoms with Crippen LogP contribution in [0.15, 0.2) is 42.6 Å². The molecule has 4 N–H and O–H groups in total. The summed E-state index contributed by atoms with van der Waals surface area (Å²) < 4.78 is 5.11. The molecule has 2 amide bonds. The van der Waals surface area contributed by atoms with Crippen LogP contribution in [0.1, 0.15) is 45.5 Å². The first-order valence-electron chi connectivity index (χ1n) is 10.0. The van der Waals surface area contributed by atoms with Crippen molar-refractivity contribution in [1.29, 1.82) is 0 Å². The van der Waals surface area contributed by atoms with Gasteiger partial charge in [0.25, 0.3) is 5.91 Å². The zero-order chi connectivity index (χ0) is 24.1. The van der Waals surface area contributed by atoms with Crippen molar-refractivity contribution in [1.82, 2.24) is 4.98 Å². The van der Waals surface area contributed by atoms with Gasteiger partial charge in [-0.2, -0.15) is 0 Å². The third-order valence-electron chi connectivity index (χ3n) is 4.98. The van der Waals surface area contributed by atoms with Crippen molar-refractivity contribution >= 4 is 57.6 Å². The summed E-state index contributed by atoms with van der Waals surface area (Å²) >= 11 is 12.3. The predicted molar refractivity (Wildman–Crippen MR) is 126 cm³/mol. The standard InChI is InChI=1S/C23H21Cl2N3O5/c1-2-33-23(32)14-11-27-20-12(18(14)13(9-10-29)21(26)30)5-3-8-17(20)28-22(31)19-15(24)6-4-7-16(19)25/h3-8,11,13,29H,2,9-10H2,1H3,(H2,26,30)(H,28,31). The van der Waals surface area contributed by atoms with Gasteiger partial charge in [0.15, 0.2) is 0 Å².